The highest BCUT2D eigenvalue weighted by molar-refractivity contribution is 5.89. The van der Waals surface area contributed by atoms with E-state index in [4.69, 9.17) is 4.74 Å². The number of rotatable bonds is 6. The van der Waals surface area contributed by atoms with Crippen LogP contribution >= 0.6 is 0 Å². The van der Waals surface area contributed by atoms with Gasteiger partial charge in [0.05, 0.1) is 6.10 Å². The summed E-state index contributed by atoms with van der Waals surface area (Å²) in [7, 11) is 0. The van der Waals surface area contributed by atoms with Gasteiger partial charge in [0.2, 0.25) is 5.91 Å². The van der Waals surface area contributed by atoms with Crippen molar-refractivity contribution in [3.05, 3.63) is 0 Å². The highest BCUT2D eigenvalue weighted by Gasteiger charge is 2.66. The van der Waals surface area contributed by atoms with E-state index in [-0.39, 0.29) is 12.0 Å². The Kier molecular flexibility index (Phi) is 5.15. The second kappa shape index (κ2) is 6.57. The molecule has 0 heterocycles. The lowest BCUT2D eigenvalue weighted by Crippen LogP contribution is -2.76. The van der Waals surface area contributed by atoms with E-state index < -0.39 is 16.9 Å². The Hall–Kier alpha value is -1.10. The summed E-state index contributed by atoms with van der Waals surface area (Å²) < 4.78 is 5.62. The minimum Gasteiger partial charge on any atom is -0.479 e. The molecule has 2 aliphatic rings. The lowest BCUT2D eigenvalue weighted by molar-refractivity contribution is -0.194. The molecule has 0 radical (unpaired) electrons. The fourth-order valence-electron chi connectivity index (χ4n) is 3.98. The number of aliphatic carboxylic acids is 1. The Labute approximate surface area is 132 Å². The molecule has 2 unspecified atom stereocenters. The molecule has 2 N–H and O–H groups in total. The van der Waals surface area contributed by atoms with Crippen LogP contribution in [0.15, 0.2) is 0 Å². The van der Waals surface area contributed by atoms with Gasteiger partial charge in [-0.2, -0.15) is 0 Å². The SMILES string of the molecule is CCOC1CC(NC(=O)CC2CCCCC2)(C(=O)O)C1(C)C. The topological polar surface area (TPSA) is 75.6 Å². The van der Waals surface area contributed by atoms with Crippen LogP contribution in [0.3, 0.4) is 0 Å². The molecule has 2 fully saturated rings. The molecule has 0 aromatic carbocycles. The van der Waals surface area contributed by atoms with Crippen LogP contribution < -0.4 is 5.32 Å². The summed E-state index contributed by atoms with van der Waals surface area (Å²) in [6.45, 7) is 6.19. The zero-order valence-corrected chi connectivity index (χ0v) is 14.0. The van der Waals surface area contributed by atoms with Crippen LogP contribution in [0.25, 0.3) is 0 Å². The summed E-state index contributed by atoms with van der Waals surface area (Å²) in [6.07, 6.45) is 6.45. The fourth-order valence-corrected chi connectivity index (χ4v) is 3.98. The van der Waals surface area contributed by atoms with Crippen molar-refractivity contribution < 1.29 is 19.4 Å². The Morgan fingerprint density at radius 2 is 1.86 bits per heavy atom. The molecule has 0 saturated heterocycles. The Bertz CT molecular complexity index is 428. The van der Waals surface area contributed by atoms with E-state index in [0.29, 0.717) is 25.4 Å². The van der Waals surface area contributed by atoms with E-state index in [1.807, 2.05) is 20.8 Å². The van der Waals surface area contributed by atoms with E-state index in [1.54, 1.807) is 0 Å². The average molecular weight is 311 g/mol. The van der Waals surface area contributed by atoms with Gasteiger partial charge < -0.3 is 15.2 Å². The molecule has 22 heavy (non-hydrogen) atoms. The largest absolute Gasteiger partial charge is 0.479 e. The van der Waals surface area contributed by atoms with E-state index in [9.17, 15) is 14.7 Å². The predicted octanol–water partition coefficient (Wildman–Crippen LogP) is 2.73. The van der Waals surface area contributed by atoms with Crippen LogP contribution in [-0.4, -0.2) is 35.2 Å². The molecule has 2 rings (SSSR count). The molecule has 2 saturated carbocycles. The first-order valence-corrected chi connectivity index (χ1v) is 8.49. The maximum atomic E-state index is 12.4. The molecule has 0 bridgehead atoms. The summed E-state index contributed by atoms with van der Waals surface area (Å²) >= 11 is 0. The van der Waals surface area contributed by atoms with Crippen molar-refractivity contribution in [3.63, 3.8) is 0 Å². The van der Waals surface area contributed by atoms with E-state index in [1.165, 1.54) is 19.3 Å². The zero-order chi connectivity index (χ0) is 16.4. The van der Waals surface area contributed by atoms with Crippen molar-refractivity contribution in [2.75, 3.05) is 6.61 Å². The predicted molar refractivity (Wildman–Crippen MR) is 83.5 cm³/mol. The molecule has 5 nitrogen and oxygen atoms in total. The summed E-state index contributed by atoms with van der Waals surface area (Å²) in [5.41, 5.74) is -1.80. The molecule has 2 atom stereocenters. The van der Waals surface area contributed by atoms with Gasteiger partial charge in [0.1, 0.15) is 5.54 Å². The first-order valence-electron chi connectivity index (χ1n) is 8.49. The fraction of sp³-hybridized carbons (Fsp3) is 0.882. The highest BCUT2D eigenvalue weighted by Crippen LogP contribution is 2.51. The van der Waals surface area contributed by atoms with Crippen LogP contribution in [0.5, 0.6) is 0 Å². The van der Waals surface area contributed by atoms with Gasteiger partial charge in [0.25, 0.3) is 0 Å². The minimum atomic E-state index is -1.20. The lowest BCUT2D eigenvalue weighted by Gasteiger charge is -2.58. The third-order valence-corrected chi connectivity index (χ3v) is 5.68. The van der Waals surface area contributed by atoms with E-state index in [0.717, 1.165) is 12.8 Å². The minimum absolute atomic E-state index is 0.122. The number of ether oxygens (including phenoxy) is 1. The highest BCUT2D eigenvalue weighted by atomic mass is 16.5. The molecule has 0 aromatic heterocycles. The second-order valence-electron chi connectivity index (χ2n) is 7.34. The first-order chi connectivity index (χ1) is 10.3. The van der Waals surface area contributed by atoms with Gasteiger partial charge in [0, 0.05) is 24.9 Å². The van der Waals surface area contributed by atoms with Crippen LogP contribution in [0, 0.1) is 11.3 Å². The average Bonchev–Trinajstić information content (AvgIpc) is 2.46. The number of hydrogen-bond acceptors (Lipinski definition) is 3. The molecular formula is C17H29NO4. The Balaban J connectivity index is 2.00. The van der Waals surface area contributed by atoms with Crippen LogP contribution in [0.1, 0.15) is 65.7 Å². The lowest BCUT2D eigenvalue weighted by atomic mass is 9.54. The van der Waals surface area contributed by atoms with Crippen molar-refractivity contribution in [2.24, 2.45) is 11.3 Å². The number of carboxylic acid groups (broad SMARTS) is 1. The Morgan fingerprint density at radius 3 is 2.36 bits per heavy atom. The third-order valence-electron chi connectivity index (χ3n) is 5.68. The van der Waals surface area contributed by atoms with Crippen molar-refractivity contribution in [1.29, 1.82) is 0 Å². The van der Waals surface area contributed by atoms with Crippen LogP contribution in [-0.2, 0) is 14.3 Å². The number of carbonyl (C=O) groups excluding carboxylic acids is 1. The zero-order valence-electron chi connectivity index (χ0n) is 14.0. The van der Waals surface area contributed by atoms with Crippen LogP contribution in [0.2, 0.25) is 0 Å². The van der Waals surface area contributed by atoms with Gasteiger partial charge in [-0.15, -0.1) is 0 Å². The van der Waals surface area contributed by atoms with Gasteiger partial charge in [-0.25, -0.2) is 4.79 Å². The number of carboxylic acids is 1. The van der Waals surface area contributed by atoms with Crippen molar-refractivity contribution in [2.45, 2.75) is 77.4 Å². The molecule has 0 spiro atoms. The van der Waals surface area contributed by atoms with E-state index >= 15 is 0 Å². The van der Waals surface area contributed by atoms with Crippen molar-refractivity contribution >= 4 is 11.9 Å². The first kappa shape index (κ1) is 17.3. The Morgan fingerprint density at radius 1 is 1.23 bits per heavy atom. The maximum Gasteiger partial charge on any atom is 0.330 e. The van der Waals surface area contributed by atoms with Gasteiger partial charge in [0.15, 0.2) is 0 Å². The number of hydrogen-bond donors (Lipinski definition) is 2. The van der Waals surface area contributed by atoms with E-state index in [2.05, 4.69) is 5.32 Å². The standard InChI is InChI=1S/C17H29NO4/c1-4-22-13-11-17(15(20)21,16(13,2)3)18-14(19)10-12-8-6-5-7-9-12/h12-13H,4-11H2,1-3H3,(H,18,19)(H,20,21). The molecule has 2 aliphatic carbocycles. The quantitative estimate of drug-likeness (QED) is 0.791. The maximum absolute atomic E-state index is 12.4. The van der Waals surface area contributed by atoms with Crippen molar-refractivity contribution in [3.8, 4) is 0 Å². The third kappa shape index (κ3) is 3.00. The van der Waals surface area contributed by atoms with Gasteiger partial charge in [-0.1, -0.05) is 33.1 Å². The molecule has 5 heteroatoms. The second-order valence-corrected chi connectivity index (χ2v) is 7.34. The number of amides is 1. The summed E-state index contributed by atoms with van der Waals surface area (Å²) in [6, 6.07) is 0. The normalized spacial score (nSPS) is 31.3. The van der Waals surface area contributed by atoms with Crippen LogP contribution in [0.4, 0.5) is 0 Å². The molecule has 0 aromatic rings. The smallest absolute Gasteiger partial charge is 0.330 e. The molecule has 0 aliphatic heterocycles. The number of carbonyl (C=O) groups is 2. The summed E-state index contributed by atoms with van der Waals surface area (Å²) in [5, 5.41) is 12.5. The van der Waals surface area contributed by atoms with Gasteiger partial charge >= 0.3 is 5.97 Å². The molecule has 1 amide bonds. The monoisotopic (exact) mass is 311 g/mol. The molecular weight excluding hydrogens is 282 g/mol. The molecule has 126 valence electrons. The van der Waals surface area contributed by atoms with Gasteiger partial charge in [-0.05, 0) is 25.7 Å². The summed E-state index contributed by atoms with van der Waals surface area (Å²) in [4.78, 5) is 24.2. The van der Waals surface area contributed by atoms with Crippen molar-refractivity contribution in [1.82, 2.24) is 5.32 Å². The summed E-state index contributed by atoms with van der Waals surface area (Å²) in [5.74, 6) is -0.673. The van der Waals surface area contributed by atoms with Gasteiger partial charge in [-0.3, -0.25) is 4.79 Å². The number of nitrogens with one attached hydrogen (secondary N) is 1.